The van der Waals surface area contributed by atoms with E-state index in [0.29, 0.717) is 10.7 Å². The summed E-state index contributed by atoms with van der Waals surface area (Å²) in [6.07, 6.45) is 1.59. The third kappa shape index (κ3) is 4.35. The SMILES string of the molecule is CCCCOC(=O)c1ccccc1N1C(=O)C(Cl)=C(Nc2ccc(Cl)cc2C)C1=O. The van der Waals surface area contributed by atoms with E-state index in [2.05, 4.69) is 5.32 Å². The normalized spacial score (nSPS) is 13.8. The standard InChI is InChI=1S/C22H20Cl2N2O4/c1-3-4-11-30-22(29)15-7-5-6-8-17(15)26-20(27)18(24)19(21(26)28)25-16-10-9-14(23)12-13(16)2/h5-10,12,25H,3-4,11H2,1-2H3. The molecule has 0 fully saturated rings. The summed E-state index contributed by atoms with van der Waals surface area (Å²) in [7, 11) is 0. The van der Waals surface area contributed by atoms with E-state index in [4.69, 9.17) is 27.9 Å². The van der Waals surface area contributed by atoms with E-state index >= 15 is 0 Å². The minimum Gasteiger partial charge on any atom is -0.462 e. The van der Waals surface area contributed by atoms with Crippen LogP contribution in [-0.4, -0.2) is 24.4 Å². The second-order valence-electron chi connectivity index (χ2n) is 6.73. The molecule has 0 aromatic heterocycles. The number of para-hydroxylation sites is 1. The Labute approximate surface area is 184 Å². The van der Waals surface area contributed by atoms with Crippen molar-refractivity contribution in [3.8, 4) is 0 Å². The molecule has 0 saturated heterocycles. The number of nitrogens with one attached hydrogen (secondary N) is 1. The number of hydrogen-bond donors (Lipinski definition) is 1. The van der Waals surface area contributed by atoms with Gasteiger partial charge in [0.2, 0.25) is 0 Å². The molecular formula is C22H20Cl2N2O4. The first-order valence-electron chi connectivity index (χ1n) is 9.43. The molecule has 3 rings (SSSR count). The minimum atomic E-state index is -0.718. The summed E-state index contributed by atoms with van der Waals surface area (Å²) in [6.45, 7) is 4.05. The lowest BCUT2D eigenvalue weighted by atomic mass is 10.1. The summed E-state index contributed by atoms with van der Waals surface area (Å²) < 4.78 is 5.25. The summed E-state index contributed by atoms with van der Waals surface area (Å²) in [6, 6.07) is 11.3. The van der Waals surface area contributed by atoms with E-state index in [1.165, 1.54) is 12.1 Å². The van der Waals surface area contributed by atoms with Gasteiger partial charge in [0.15, 0.2) is 0 Å². The summed E-state index contributed by atoms with van der Waals surface area (Å²) in [5.74, 6) is -1.98. The largest absolute Gasteiger partial charge is 0.462 e. The summed E-state index contributed by atoms with van der Waals surface area (Å²) in [4.78, 5) is 39.2. The number of aryl methyl sites for hydroxylation is 1. The Hall–Kier alpha value is -2.83. The maximum atomic E-state index is 13.1. The first-order valence-corrected chi connectivity index (χ1v) is 10.2. The molecular weight excluding hydrogens is 427 g/mol. The Morgan fingerprint density at radius 2 is 1.83 bits per heavy atom. The number of unbranched alkanes of at least 4 members (excludes halogenated alkanes) is 1. The first kappa shape index (κ1) is 21.9. The van der Waals surface area contributed by atoms with Crippen LogP contribution in [0.25, 0.3) is 0 Å². The van der Waals surface area contributed by atoms with Gasteiger partial charge in [0.25, 0.3) is 11.8 Å². The lowest BCUT2D eigenvalue weighted by molar-refractivity contribution is -0.120. The van der Waals surface area contributed by atoms with Crippen molar-refractivity contribution in [2.24, 2.45) is 0 Å². The van der Waals surface area contributed by atoms with E-state index in [9.17, 15) is 14.4 Å². The second kappa shape index (κ2) is 9.32. The van der Waals surface area contributed by atoms with E-state index in [1.807, 2.05) is 13.8 Å². The van der Waals surface area contributed by atoms with Gasteiger partial charge in [-0.05, 0) is 49.2 Å². The van der Waals surface area contributed by atoms with Gasteiger partial charge in [0.05, 0.1) is 17.9 Å². The Morgan fingerprint density at radius 1 is 1.10 bits per heavy atom. The molecule has 0 unspecified atom stereocenters. The van der Waals surface area contributed by atoms with Crippen LogP contribution in [0.3, 0.4) is 0 Å². The maximum absolute atomic E-state index is 13.1. The van der Waals surface area contributed by atoms with Crippen LogP contribution in [0.5, 0.6) is 0 Å². The monoisotopic (exact) mass is 446 g/mol. The molecule has 156 valence electrons. The highest BCUT2D eigenvalue weighted by Gasteiger charge is 2.40. The number of esters is 1. The molecule has 0 spiro atoms. The van der Waals surface area contributed by atoms with Crippen LogP contribution in [0, 0.1) is 6.92 Å². The van der Waals surface area contributed by atoms with Gasteiger partial charge in [-0.1, -0.05) is 48.7 Å². The third-order valence-electron chi connectivity index (χ3n) is 4.57. The highest BCUT2D eigenvalue weighted by molar-refractivity contribution is 6.53. The molecule has 6 nitrogen and oxygen atoms in total. The molecule has 30 heavy (non-hydrogen) atoms. The minimum absolute atomic E-state index is 0.0683. The molecule has 0 saturated carbocycles. The fourth-order valence-electron chi connectivity index (χ4n) is 2.96. The summed E-state index contributed by atoms with van der Waals surface area (Å²) >= 11 is 12.2. The zero-order chi connectivity index (χ0) is 21.8. The Morgan fingerprint density at radius 3 is 2.53 bits per heavy atom. The van der Waals surface area contributed by atoms with Gasteiger partial charge in [0.1, 0.15) is 10.7 Å². The van der Waals surface area contributed by atoms with Gasteiger partial charge in [-0.2, -0.15) is 0 Å². The van der Waals surface area contributed by atoms with E-state index in [0.717, 1.165) is 23.3 Å². The van der Waals surface area contributed by atoms with Crippen LogP contribution in [0.15, 0.2) is 53.2 Å². The number of halogens is 2. The lowest BCUT2D eigenvalue weighted by Crippen LogP contribution is -2.33. The highest BCUT2D eigenvalue weighted by atomic mass is 35.5. The number of nitrogens with zero attached hydrogens (tertiary/aromatic N) is 1. The van der Waals surface area contributed by atoms with Gasteiger partial charge in [-0.25, -0.2) is 9.69 Å². The number of ether oxygens (including phenoxy) is 1. The van der Waals surface area contributed by atoms with Crippen molar-refractivity contribution in [1.82, 2.24) is 0 Å². The number of carbonyl (C=O) groups is 3. The van der Waals surface area contributed by atoms with Gasteiger partial charge in [-0.3, -0.25) is 9.59 Å². The molecule has 2 amide bonds. The zero-order valence-corrected chi connectivity index (χ0v) is 18.0. The molecule has 0 aliphatic carbocycles. The van der Waals surface area contributed by atoms with Crippen molar-refractivity contribution >= 4 is 52.4 Å². The number of benzene rings is 2. The van der Waals surface area contributed by atoms with Crippen LogP contribution in [0.4, 0.5) is 11.4 Å². The quantitative estimate of drug-likeness (QED) is 0.366. The number of imide groups is 1. The van der Waals surface area contributed by atoms with E-state index in [-0.39, 0.29) is 28.6 Å². The van der Waals surface area contributed by atoms with Crippen LogP contribution in [0.1, 0.15) is 35.7 Å². The number of anilines is 2. The predicted octanol–water partition coefficient (Wildman–Crippen LogP) is 5.04. The molecule has 0 radical (unpaired) electrons. The zero-order valence-electron chi connectivity index (χ0n) is 16.5. The van der Waals surface area contributed by atoms with Gasteiger partial charge >= 0.3 is 5.97 Å². The first-order chi connectivity index (χ1) is 14.3. The maximum Gasteiger partial charge on any atom is 0.340 e. The Bertz CT molecular complexity index is 1050. The molecule has 1 aliphatic rings. The van der Waals surface area contributed by atoms with E-state index in [1.54, 1.807) is 30.3 Å². The molecule has 0 atom stereocenters. The van der Waals surface area contributed by atoms with Crippen molar-refractivity contribution in [2.75, 3.05) is 16.8 Å². The van der Waals surface area contributed by atoms with Crippen molar-refractivity contribution in [1.29, 1.82) is 0 Å². The van der Waals surface area contributed by atoms with Gasteiger partial charge in [0, 0.05) is 10.7 Å². The second-order valence-corrected chi connectivity index (χ2v) is 7.54. The average molecular weight is 447 g/mol. The molecule has 2 aromatic carbocycles. The molecule has 8 heteroatoms. The van der Waals surface area contributed by atoms with Gasteiger partial charge in [-0.15, -0.1) is 0 Å². The number of carbonyl (C=O) groups excluding carboxylic acids is 3. The average Bonchev–Trinajstić information content (AvgIpc) is 2.93. The fraction of sp³-hybridized carbons (Fsp3) is 0.227. The van der Waals surface area contributed by atoms with Crippen LogP contribution < -0.4 is 10.2 Å². The van der Waals surface area contributed by atoms with Crippen LogP contribution in [-0.2, 0) is 14.3 Å². The molecule has 2 aromatic rings. The molecule has 0 bridgehead atoms. The number of rotatable bonds is 7. The van der Waals surface area contributed by atoms with Gasteiger partial charge < -0.3 is 10.1 Å². The van der Waals surface area contributed by atoms with Crippen molar-refractivity contribution < 1.29 is 19.1 Å². The van der Waals surface area contributed by atoms with Crippen molar-refractivity contribution in [3.05, 3.63) is 69.3 Å². The number of amides is 2. The molecule has 1 N–H and O–H groups in total. The lowest BCUT2D eigenvalue weighted by Gasteiger charge is -2.18. The number of hydrogen-bond acceptors (Lipinski definition) is 5. The van der Waals surface area contributed by atoms with E-state index < -0.39 is 17.8 Å². The highest BCUT2D eigenvalue weighted by Crippen LogP contribution is 2.33. The van der Waals surface area contributed by atoms with Crippen LogP contribution >= 0.6 is 23.2 Å². The summed E-state index contributed by atoms with van der Waals surface area (Å²) in [5.41, 5.74) is 1.53. The summed E-state index contributed by atoms with van der Waals surface area (Å²) in [5, 5.41) is 3.20. The van der Waals surface area contributed by atoms with Crippen molar-refractivity contribution in [2.45, 2.75) is 26.7 Å². The molecule has 1 aliphatic heterocycles. The smallest absolute Gasteiger partial charge is 0.340 e. The third-order valence-corrected chi connectivity index (χ3v) is 5.16. The Balaban J connectivity index is 1.90. The fourth-order valence-corrected chi connectivity index (χ4v) is 3.40. The Kier molecular flexibility index (Phi) is 6.80. The topological polar surface area (TPSA) is 75.7 Å². The van der Waals surface area contributed by atoms with Crippen molar-refractivity contribution in [3.63, 3.8) is 0 Å². The molecule has 1 heterocycles. The van der Waals surface area contributed by atoms with Crippen LogP contribution in [0.2, 0.25) is 5.02 Å². The predicted molar refractivity (Wildman–Crippen MR) is 117 cm³/mol.